The number of benzene rings is 2. The van der Waals surface area contributed by atoms with Crippen molar-refractivity contribution in [2.45, 2.75) is 25.4 Å². The topological polar surface area (TPSA) is 49.8 Å². The first-order valence-electron chi connectivity index (χ1n) is 7.76. The monoisotopic (exact) mass is 299 g/mol. The predicted octanol–water partition coefficient (Wildman–Crippen LogP) is 3.28. The van der Waals surface area contributed by atoms with Crippen molar-refractivity contribution >= 4 is 16.9 Å². The van der Waals surface area contributed by atoms with E-state index < -0.39 is 5.60 Å². The van der Waals surface area contributed by atoms with E-state index in [1.54, 1.807) is 11.8 Å². The summed E-state index contributed by atoms with van der Waals surface area (Å²) in [6.07, 6.45) is 0.766. The minimum absolute atomic E-state index is 0.289. The largest absolute Gasteiger partial charge is 0.450 e. The van der Waals surface area contributed by atoms with Crippen LogP contribution in [0.25, 0.3) is 10.8 Å². The quantitative estimate of drug-likeness (QED) is 0.926. The lowest BCUT2D eigenvalue weighted by Crippen LogP contribution is -2.45. The van der Waals surface area contributed by atoms with Crippen LogP contribution < -0.4 is 0 Å². The minimum atomic E-state index is -0.885. The Morgan fingerprint density at radius 2 is 1.86 bits per heavy atom. The summed E-state index contributed by atoms with van der Waals surface area (Å²) in [5.41, 5.74) is 0.0678. The SMILES string of the molecule is CCOC(=O)N1CCC(O)(c2cccc3ccccc23)CC1. The number of hydrogen-bond acceptors (Lipinski definition) is 3. The Labute approximate surface area is 130 Å². The second kappa shape index (κ2) is 5.97. The lowest BCUT2D eigenvalue weighted by Gasteiger charge is -2.38. The molecule has 2 aromatic rings. The Morgan fingerprint density at radius 1 is 1.18 bits per heavy atom. The minimum Gasteiger partial charge on any atom is -0.450 e. The smallest absolute Gasteiger partial charge is 0.409 e. The summed E-state index contributed by atoms with van der Waals surface area (Å²) in [4.78, 5) is 13.4. The molecular weight excluding hydrogens is 278 g/mol. The van der Waals surface area contributed by atoms with Crippen molar-refractivity contribution < 1.29 is 14.6 Å². The molecule has 3 rings (SSSR count). The zero-order valence-corrected chi connectivity index (χ0v) is 12.8. The Balaban J connectivity index is 1.84. The van der Waals surface area contributed by atoms with Crippen LogP contribution >= 0.6 is 0 Å². The first-order valence-corrected chi connectivity index (χ1v) is 7.76. The van der Waals surface area contributed by atoms with Crippen LogP contribution in [0.1, 0.15) is 25.3 Å². The number of amides is 1. The van der Waals surface area contributed by atoms with Gasteiger partial charge in [0, 0.05) is 13.1 Å². The highest BCUT2D eigenvalue weighted by atomic mass is 16.6. The van der Waals surface area contributed by atoms with Gasteiger partial charge in [-0.2, -0.15) is 0 Å². The van der Waals surface area contributed by atoms with Gasteiger partial charge in [0.05, 0.1) is 12.2 Å². The maximum absolute atomic E-state index is 11.8. The van der Waals surface area contributed by atoms with Crippen molar-refractivity contribution in [2.75, 3.05) is 19.7 Å². The fourth-order valence-corrected chi connectivity index (χ4v) is 3.17. The van der Waals surface area contributed by atoms with Crippen molar-refractivity contribution in [1.82, 2.24) is 4.90 Å². The van der Waals surface area contributed by atoms with Gasteiger partial charge in [-0.15, -0.1) is 0 Å². The molecule has 4 nitrogen and oxygen atoms in total. The van der Waals surface area contributed by atoms with Crippen molar-refractivity contribution in [2.24, 2.45) is 0 Å². The third-order valence-electron chi connectivity index (χ3n) is 4.41. The number of hydrogen-bond donors (Lipinski definition) is 1. The highest BCUT2D eigenvalue weighted by Gasteiger charge is 2.36. The van der Waals surface area contributed by atoms with E-state index in [4.69, 9.17) is 4.74 Å². The third-order valence-corrected chi connectivity index (χ3v) is 4.41. The number of ether oxygens (including phenoxy) is 1. The molecule has 0 radical (unpaired) electrons. The summed E-state index contributed by atoms with van der Waals surface area (Å²) in [6, 6.07) is 14.1. The van der Waals surface area contributed by atoms with Crippen LogP contribution in [-0.2, 0) is 10.3 Å². The molecule has 0 saturated carbocycles. The van der Waals surface area contributed by atoms with Gasteiger partial charge in [-0.1, -0.05) is 42.5 Å². The molecule has 116 valence electrons. The third kappa shape index (κ3) is 2.66. The van der Waals surface area contributed by atoms with E-state index in [9.17, 15) is 9.90 Å². The number of piperidine rings is 1. The summed E-state index contributed by atoms with van der Waals surface area (Å²) < 4.78 is 5.03. The molecule has 1 fully saturated rings. The summed E-state index contributed by atoms with van der Waals surface area (Å²) in [5.74, 6) is 0. The van der Waals surface area contributed by atoms with E-state index in [0.717, 1.165) is 16.3 Å². The van der Waals surface area contributed by atoms with E-state index in [1.807, 2.05) is 30.3 Å². The molecule has 1 heterocycles. The van der Waals surface area contributed by atoms with Crippen LogP contribution in [0.4, 0.5) is 4.79 Å². The van der Waals surface area contributed by atoms with Gasteiger partial charge >= 0.3 is 6.09 Å². The van der Waals surface area contributed by atoms with E-state index >= 15 is 0 Å². The fraction of sp³-hybridized carbons (Fsp3) is 0.389. The molecule has 2 aromatic carbocycles. The van der Waals surface area contributed by atoms with Gasteiger partial charge in [0.2, 0.25) is 0 Å². The molecule has 0 aromatic heterocycles. The van der Waals surface area contributed by atoms with E-state index in [0.29, 0.717) is 32.5 Å². The number of nitrogens with zero attached hydrogens (tertiary/aromatic N) is 1. The van der Waals surface area contributed by atoms with Gasteiger partial charge in [-0.05, 0) is 36.1 Å². The van der Waals surface area contributed by atoms with Crippen LogP contribution in [0, 0.1) is 0 Å². The van der Waals surface area contributed by atoms with Crippen LogP contribution in [0.2, 0.25) is 0 Å². The van der Waals surface area contributed by atoms with E-state index in [1.165, 1.54) is 0 Å². The molecule has 0 atom stereocenters. The molecule has 22 heavy (non-hydrogen) atoms. The summed E-state index contributed by atoms with van der Waals surface area (Å²) >= 11 is 0. The molecule has 0 bridgehead atoms. The number of rotatable bonds is 2. The molecule has 4 heteroatoms. The maximum atomic E-state index is 11.8. The van der Waals surface area contributed by atoms with Gasteiger partial charge in [0.25, 0.3) is 0 Å². The van der Waals surface area contributed by atoms with Crippen LogP contribution in [-0.4, -0.2) is 35.8 Å². The lowest BCUT2D eigenvalue weighted by atomic mass is 9.82. The van der Waals surface area contributed by atoms with Crippen molar-refractivity contribution in [1.29, 1.82) is 0 Å². The zero-order valence-electron chi connectivity index (χ0n) is 12.8. The Bertz CT molecular complexity index is 670. The van der Waals surface area contributed by atoms with E-state index in [2.05, 4.69) is 12.1 Å². The molecule has 1 aliphatic rings. The van der Waals surface area contributed by atoms with Gasteiger partial charge in [0.1, 0.15) is 0 Å². The average Bonchev–Trinajstić information content (AvgIpc) is 2.55. The Kier molecular flexibility index (Phi) is 4.03. The summed E-state index contributed by atoms with van der Waals surface area (Å²) in [6.45, 7) is 3.20. The van der Waals surface area contributed by atoms with Gasteiger partial charge in [-0.3, -0.25) is 0 Å². The second-order valence-electron chi connectivity index (χ2n) is 5.74. The van der Waals surface area contributed by atoms with E-state index in [-0.39, 0.29) is 6.09 Å². The lowest BCUT2D eigenvalue weighted by molar-refractivity contribution is -0.0232. The van der Waals surface area contributed by atoms with Crippen molar-refractivity contribution in [3.05, 3.63) is 48.0 Å². The van der Waals surface area contributed by atoms with Gasteiger partial charge in [0.15, 0.2) is 0 Å². The maximum Gasteiger partial charge on any atom is 0.409 e. The van der Waals surface area contributed by atoms with Gasteiger partial charge < -0.3 is 14.7 Å². The van der Waals surface area contributed by atoms with Crippen LogP contribution in [0.3, 0.4) is 0 Å². The highest BCUT2D eigenvalue weighted by Crippen LogP contribution is 2.36. The first-order chi connectivity index (χ1) is 10.6. The molecule has 1 amide bonds. The first kappa shape index (κ1) is 14.9. The molecule has 1 aliphatic heterocycles. The van der Waals surface area contributed by atoms with Crippen LogP contribution in [0.15, 0.2) is 42.5 Å². The summed E-state index contributed by atoms with van der Waals surface area (Å²) in [7, 11) is 0. The second-order valence-corrected chi connectivity index (χ2v) is 5.74. The fourth-order valence-electron chi connectivity index (χ4n) is 3.17. The molecular formula is C18H21NO3. The van der Waals surface area contributed by atoms with Gasteiger partial charge in [-0.25, -0.2) is 4.79 Å². The number of carbonyl (C=O) groups is 1. The molecule has 1 saturated heterocycles. The zero-order chi connectivity index (χ0) is 15.6. The molecule has 0 aliphatic carbocycles. The Hall–Kier alpha value is -2.07. The number of carbonyl (C=O) groups excluding carboxylic acids is 1. The highest BCUT2D eigenvalue weighted by molar-refractivity contribution is 5.86. The standard InChI is InChI=1S/C18H21NO3/c1-2-22-17(20)19-12-10-18(21,11-13-19)16-9-5-7-14-6-3-4-8-15(14)16/h3-9,21H,2,10-13H2,1H3. The molecule has 0 spiro atoms. The van der Waals surface area contributed by atoms with Crippen molar-refractivity contribution in [3.8, 4) is 0 Å². The number of aliphatic hydroxyl groups is 1. The number of fused-ring (bicyclic) bond motifs is 1. The Morgan fingerprint density at radius 3 is 2.59 bits per heavy atom. The molecule has 0 unspecified atom stereocenters. The average molecular weight is 299 g/mol. The summed E-state index contributed by atoms with van der Waals surface area (Å²) in [5, 5.41) is 13.3. The number of likely N-dealkylation sites (tertiary alicyclic amines) is 1. The molecule has 1 N–H and O–H groups in total. The van der Waals surface area contributed by atoms with Crippen LogP contribution in [0.5, 0.6) is 0 Å². The van der Waals surface area contributed by atoms with Crippen molar-refractivity contribution in [3.63, 3.8) is 0 Å². The predicted molar refractivity (Wildman–Crippen MR) is 85.7 cm³/mol. The normalized spacial score (nSPS) is 17.5.